The molecule has 4 heteroatoms. The first-order valence-corrected chi connectivity index (χ1v) is 4.71. The summed E-state index contributed by atoms with van der Waals surface area (Å²) in [5, 5.41) is 11.2. The molecule has 0 aliphatic carbocycles. The molecular weight excluding hydrogens is 196 g/mol. The van der Waals surface area contributed by atoms with Crippen LogP contribution in [0.4, 0.5) is 0 Å². The highest BCUT2D eigenvalue weighted by molar-refractivity contribution is 7.14. The van der Waals surface area contributed by atoms with Crippen LogP contribution < -0.4 is 0 Å². The van der Waals surface area contributed by atoms with Gasteiger partial charge in [0.1, 0.15) is 5.60 Å². The third kappa shape index (κ3) is 2.59. The van der Waals surface area contributed by atoms with Crippen molar-refractivity contribution in [3.63, 3.8) is 0 Å². The predicted octanol–water partition coefficient (Wildman–Crippen LogP) is 1.89. The molecule has 0 saturated heterocycles. The lowest BCUT2D eigenvalue weighted by molar-refractivity contribution is -0.122. The zero-order valence-electron chi connectivity index (χ0n) is 6.58. The molecule has 0 aliphatic heterocycles. The molecule has 0 spiro atoms. The van der Waals surface area contributed by atoms with E-state index in [-0.39, 0.29) is 0 Å². The summed E-state index contributed by atoms with van der Waals surface area (Å²) < 4.78 is 0.673. The van der Waals surface area contributed by atoms with Crippen molar-refractivity contribution in [1.82, 2.24) is 0 Å². The summed E-state index contributed by atoms with van der Waals surface area (Å²) in [7, 11) is 0. The molecule has 1 atom stereocenters. The molecule has 66 valence electrons. The van der Waals surface area contributed by atoms with Crippen molar-refractivity contribution in [1.29, 1.82) is 0 Å². The highest BCUT2D eigenvalue weighted by Gasteiger charge is 2.19. The third-order valence-corrected chi connectivity index (χ3v) is 2.58. The van der Waals surface area contributed by atoms with Crippen LogP contribution in [0, 0.1) is 0 Å². The topological polar surface area (TPSA) is 37.3 Å². The van der Waals surface area contributed by atoms with Crippen molar-refractivity contribution in [2.24, 2.45) is 0 Å². The maximum Gasteiger partial charge on any atom is 0.151 e. The molecule has 0 aromatic carbocycles. The summed E-state index contributed by atoms with van der Waals surface area (Å²) >= 11 is 7.07. The second kappa shape index (κ2) is 3.56. The van der Waals surface area contributed by atoms with E-state index in [0.29, 0.717) is 17.0 Å². The van der Waals surface area contributed by atoms with Crippen LogP contribution in [0.2, 0.25) is 4.34 Å². The number of hydrogen-bond donors (Lipinski definition) is 1. The van der Waals surface area contributed by atoms with Gasteiger partial charge in [-0.25, -0.2) is 0 Å². The van der Waals surface area contributed by atoms with E-state index >= 15 is 0 Å². The fourth-order valence-corrected chi connectivity index (χ4v) is 1.80. The zero-order chi connectivity index (χ0) is 9.19. The first kappa shape index (κ1) is 9.71. The summed E-state index contributed by atoms with van der Waals surface area (Å²) in [6.45, 7) is 1.48. The lowest BCUT2D eigenvalue weighted by Gasteiger charge is -2.13. The van der Waals surface area contributed by atoms with Gasteiger partial charge in [0.25, 0.3) is 0 Å². The maximum atomic E-state index is 10.4. The van der Waals surface area contributed by atoms with Crippen LogP contribution in [-0.2, 0) is 11.2 Å². The highest BCUT2D eigenvalue weighted by Crippen LogP contribution is 2.22. The first-order chi connectivity index (χ1) is 5.53. The molecule has 0 aliphatic rings. The summed E-state index contributed by atoms with van der Waals surface area (Å²) in [6, 6.07) is 1.75. The van der Waals surface area contributed by atoms with E-state index in [2.05, 4.69) is 0 Å². The van der Waals surface area contributed by atoms with Crippen molar-refractivity contribution in [2.75, 3.05) is 0 Å². The van der Waals surface area contributed by atoms with Gasteiger partial charge in [0, 0.05) is 6.42 Å². The Bertz CT molecular complexity index is 280. The number of thiophene rings is 1. The van der Waals surface area contributed by atoms with Gasteiger partial charge in [0.05, 0.1) is 4.34 Å². The number of aldehydes is 1. The van der Waals surface area contributed by atoms with Gasteiger partial charge in [-0.1, -0.05) is 11.6 Å². The molecule has 0 amide bonds. The van der Waals surface area contributed by atoms with E-state index in [0.717, 1.165) is 5.56 Å². The maximum absolute atomic E-state index is 10.4. The van der Waals surface area contributed by atoms with E-state index in [1.165, 1.54) is 18.3 Å². The van der Waals surface area contributed by atoms with E-state index in [1.54, 1.807) is 6.07 Å². The van der Waals surface area contributed by atoms with Crippen molar-refractivity contribution in [3.05, 3.63) is 21.3 Å². The minimum Gasteiger partial charge on any atom is -0.382 e. The molecule has 1 heterocycles. The molecule has 1 rings (SSSR count). The number of carbonyl (C=O) groups excluding carboxylic acids is 1. The highest BCUT2D eigenvalue weighted by atomic mass is 35.5. The van der Waals surface area contributed by atoms with Gasteiger partial charge in [-0.3, -0.25) is 0 Å². The molecule has 2 nitrogen and oxygen atoms in total. The largest absolute Gasteiger partial charge is 0.382 e. The van der Waals surface area contributed by atoms with Gasteiger partial charge in [-0.2, -0.15) is 0 Å². The summed E-state index contributed by atoms with van der Waals surface area (Å²) in [5.41, 5.74) is -0.383. The van der Waals surface area contributed by atoms with Crippen molar-refractivity contribution in [3.8, 4) is 0 Å². The summed E-state index contributed by atoms with van der Waals surface area (Å²) in [4.78, 5) is 10.4. The smallest absolute Gasteiger partial charge is 0.151 e. The van der Waals surface area contributed by atoms with Gasteiger partial charge in [0.2, 0.25) is 0 Å². The number of halogens is 1. The van der Waals surface area contributed by atoms with Crippen LogP contribution in [0.15, 0.2) is 11.4 Å². The standard InChI is InChI=1S/C8H9ClO2S/c1-8(11,5-10)3-6-2-7(9)12-4-6/h2,4-5,11H,3H2,1H3. The molecule has 1 unspecified atom stereocenters. The minimum atomic E-state index is -1.27. The Morgan fingerprint density at radius 3 is 2.92 bits per heavy atom. The average molecular weight is 205 g/mol. The van der Waals surface area contributed by atoms with Gasteiger partial charge < -0.3 is 9.90 Å². The molecule has 1 aromatic heterocycles. The Labute approximate surface area is 79.8 Å². The number of aliphatic hydroxyl groups is 1. The summed E-state index contributed by atoms with van der Waals surface area (Å²) in [5.74, 6) is 0. The molecule has 0 saturated carbocycles. The number of hydrogen-bond acceptors (Lipinski definition) is 3. The van der Waals surface area contributed by atoms with Crippen molar-refractivity contribution >= 4 is 29.2 Å². The molecule has 0 bridgehead atoms. The SMILES string of the molecule is CC(O)(C=O)Cc1csc(Cl)c1. The fraction of sp³-hybridized carbons (Fsp3) is 0.375. The molecular formula is C8H9ClO2S. The van der Waals surface area contributed by atoms with Gasteiger partial charge in [0.15, 0.2) is 6.29 Å². The molecule has 12 heavy (non-hydrogen) atoms. The first-order valence-electron chi connectivity index (χ1n) is 3.45. The predicted molar refractivity (Wildman–Crippen MR) is 49.7 cm³/mol. The molecule has 0 fully saturated rings. The van der Waals surface area contributed by atoms with Crippen molar-refractivity contribution < 1.29 is 9.90 Å². The summed E-state index contributed by atoms with van der Waals surface area (Å²) in [6.07, 6.45) is 0.859. The van der Waals surface area contributed by atoms with E-state index in [1.807, 2.05) is 5.38 Å². The Hall–Kier alpha value is -0.380. The fourth-order valence-electron chi connectivity index (χ4n) is 0.893. The van der Waals surface area contributed by atoms with Gasteiger partial charge in [-0.05, 0) is 23.9 Å². The van der Waals surface area contributed by atoms with Crippen LogP contribution in [0.3, 0.4) is 0 Å². The Morgan fingerprint density at radius 1 is 1.83 bits per heavy atom. The molecule has 1 aromatic rings. The lowest BCUT2D eigenvalue weighted by Crippen LogP contribution is -2.28. The molecule has 0 radical (unpaired) electrons. The normalized spacial score (nSPS) is 15.6. The van der Waals surface area contributed by atoms with Gasteiger partial charge >= 0.3 is 0 Å². The van der Waals surface area contributed by atoms with E-state index in [4.69, 9.17) is 11.6 Å². The third-order valence-electron chi connectivity index (χ3n) is 1.44. The molecule has 1 N–H and O–H groups in total. The quantitative estimate of drug-likeness (QED) is 0.764. The van der Waals surface area contributed by atoms with Crippen LogP contribution >= 0.6 is 22.9 Å². The Morgan fingerprint density at radius 2 is 2.50 bits per heavy atom. The van der Waals surface area contributed by atoms with Crippen molar-refractivity contribution in [2.45, 2.75) is 18.9 Å². The zero-order valence-corrected chi connectivity index (χ0v) is 8.15. The van der Waals surface area contributed by atoms with Crippen LogP contribution in [0.1, 0.15) is 12.5 Å². The van der Waals surface area contributed by atoms with E-state index in [9.17, 15) is 9.90 Å². The minimum absolute atomic E-state index is 0.319. The number of carbonyl (C=O) groups is 1. The van der Waals surface area contributed by atoms with Crippen LogP contribution in [0.5, 0.6) is 0 Å². The number of rotatable bonds is 3. The Kier molecular flexibility index (Phi) is 2.88. The average Bonchev–Trinajstić information content (AvgIpc) is 2.35. The van der Waals surface area contributed by atoms with Crippen LogP contribution in [-0.4, -0.2) is 17.0 Å². The van der Waals surface area contributed by atoms with E-state index < -0.39 is 5.60 Å². The van der Waals surface area contributed by atoms with Crippen LogP contribution in [0.25, 0.3) is 0 Å². The second-order valence-electron chi connectivity index (χ2n) is 2.91. The monoisotopic (exact) mass is 204 g/mol. The second-order valence-corrected chi connectivity index (χ2v) is 4.45. The van der Waals surface area contributed by atoms with Gasteiger partial charge in [-0.15, -0.1) is 11.3 Å². The Balaban J connectivity index is 2.69. The lowest BCUT2D eigenvalue weighted by atomic mass is 10.0.